The molecule has 0 aliphatic rings. The second kappa shape index (κ2) is 8.10. The highest BCUT2D eigenvalue weighted by Crippen LogP contribution is 2.15. The van der Waals surface area contributed by atoms with E-state index in [2.05, 4.69) is 5.16 Å². The number of oxime groups is 1. The van der Waals surface area contributed by atoms with Gasteiger partial charge in [-0.05, 0) is 36.0 Å². The Kier molecular flexibility index (Phi) is 5.88. The number of aliphatic hydroxyl groups is 1. The van der Waals surface area contributed by atoms with E-state index in [9.17, 15) is 9.90 Å². The standard InChI is InChI=1S/C18H20N2O3/c19-18(22)17(21)15-11-9-13(10-12-15)5-4-8-16(20-23)14-6-2-1-3-7-14/h1-3,6-7,9-12,17,21,23H,4-5,8H2,(H2,19,22)/b20-16+. The van der Waals surface area contributed by atoms with E-state index >= 15 is 0 Å². The van der Waals surface area contributed by atoms with Crippen LogP contribution in [0.2, 0.25) is 0 Å². The molecule has 0 bridgehead atoms. The highest BCUT2D eigenvalue weighted by Gasteiger charge is 2.13. The number of hydrogen-bond donors (Lipinski definition) is 3. The third kappa shape index (κ3) is 4.66. The molecule has 4 N–H and O–H groups in total. The number of nitrogens with two attached hydrogens (primary N) is 1. The predicted octanol–water partition coefficient (Wildman–Crippen LogP) is 2.41. The van der Waals surface area contributed by atoms with Crippen molar-refractivity contribution in [2.75, 3.05) is 0 Å². The van der Waals surface area contributed by atoms with Crippen LogP contribution in [0.1, 0.15) is 35.6 Å². The number of hydrogen-bond acceptors (Lipinski definition) is 4. The average molecular weight is 312 g/mol. The summed E-state index contributed by atoms with van der Waals surface area (Å²) in [7, 11) is 0. The van der Waals surface area contributed by atoms with Gasteiger partial charge in [-0.1, -0.05) is 59.8 Å². The van der Waals surface area contributed by atoms with Gasteiger partial charge in [0.2, 0.25) is 0 Å². The van der Waals surface area contributed by atoms with E-state index in [0.29, 0.717) is 17.7 Å². The largest absolute Gasteiger partial charge is 0.411 e. The topological polar surface area (TPSA) is 95.9 Å². The maximum absolute atomic E-state index is 10.9. The molecule has 23 heavy (non-hydrogen) atoms. The van der Waals surface area contributed by atoms with Crippen LogP contribution in [-0.4, -0.2) is 21.9 Å². The fourth-order valence-corrected chi connectivity index (χ4v) is 2.37. The SMILES string of the molecule is NC(=O)C(O)c1ccc(CCC/C(=N\O)c2ccccc2)cc1. The Bertz CT molecular complexity index is 666. The zero-order chi connectivity index (χ0) is 16.7. The summed E-state index contributed by atoms with van der Waals surface area (Å²) < 4.78 is 0. The third-order valence-electron chi connectivity index (χ3n) is 3.67. The highest BCUT2D eigenvalue weighted by molar-refractivity contribution is 6.00. The van der Waals surface area contributed by atoms with Crippen molar-refractivity contribution in [2.24, 2.45) is 10.9 Å². The molecule has 0 fully saturated rings. The molecular weight excluding hydrogens is 292 g/mol. The van der Waals surface area contributed by atoms with Gasteiger partial charge >= 0.3 is 0 Å². The zero-order valence-electron chi connectivity index (χ0n) is 12.7. The first-order valence-electron chi connectivity index (χ1n) is 7.44. The van der Waals surface area contributed by atoms with Crippen molar-refractivity contribution in [2.45, 2.75) is 25.4 Å². The van der Waals surface area contributed by atoms with E-state index in [1.54, 1.807) is 12.1 Å². The van der Waals surface area contributed by atoms with Crippen LogP contribution >= 0.6 is 0 Å². The van der Waals surface area contributed by atoms with Gasteiger partial charge in [0, 0.05) is 0 Å². The Morgan fingerprint density at radius 3 is 2.30 bits per heavy atom. The van der Waals surface area contributed by atoms with Crippen molar-refractivity contribution in [3.8, 4) is 0 Å². The van der Waals surface area contributed by atoms with Gasteiger partial charge in [0.05, 0.1) is 5.71 Å². The quantitative estimate of drug-likeness (QED) is 0.416. The van der Waals surface area contributed by atoms with Gasteiger partial charge in [-0.15, -0.1) is 0 Å². The minimum absolute atomic E-state index is 0.489. The molecule has 2 aromatic carbocycles. The van der Waals surface area contributed by atoms with E-state index in [1.807, 2.05) is 42.5 Å². The van der Waals surface area contributed by atoms with Crippen LogP contribution in [0, 0.1) is 0 Å². The summed E-state index contributed by atoms with van der Waals surface area (Å²) in [6.07, 6.45) is 1.02. The molecule has 0 radical (unpaired) electrons. The van der Waals surface area contributed by atoms with Gasteiger partial charge in [0.1, 0.15) is 0 Å². The van der Waals surface area contributed by atoms with Gasteiger partial charge in [-0.3, -0.25) is 4.79 Å². The Morgan fingerprint density at radius 2 is 1.74 bits per heavy atom. The molecular formula is C18H20N2O3. The lowest BCUT2D eigenvalue weighted by molar-refractivity contribution is -0.126. The van der Waals surface area contributed by atoms with Crippen LogP contribution < -0.4 is 5.73 Å². The lowest BCUT2D eigenvalue weighted by Crippen LogP contribution is -2.20. The highest BCUT2D eigenvalue weighted by atomic mass is 16.4. The number of benzene rings is 2. The summed E-state index contributed by atoms with van der Waals surface area (Å²) in [5, 5.41) is 22.1. The second-order valence-electron chi connectivity index (χ2n) is 5.31. The van der Waals surface area contributed by atoms with Crippen molar-refractivity contribution in [1.29, 1.82) is 0 Å². The predicted molar refractivity (Wildman–Crippen MR) is 88.3 cm³/mol. The van der Waals surface area contributed by atoms with E-state index in [1.165, 1.54) is 0 Å². The van der Waals surface area contributed by atoms with Crippen molar-refractivity contribution < 1.29 is 15.1 Å². The van der Waals surface area contributed by atoms with Crippen LogP contribution in [-0.2, 0) is 11.2 Å². The summed E-state index contributed by atoms with van der Waals surface area (Å²) >= 11 is 0. The molecule has 2 aromatic rings. The molecule has 2 rings (SSSR count). The maximum Gasteiger partial charge on any atom is 0.250 e. The molecule has 0 spiro atoms. The summed E-state index contributed by atoms with van der Waals surface area (Å²) in [5.41, 5.74) is 8.20. The van der Waals surface area contributed by atoms with Gasteiger partial charge in [0.25, 0.3) is 5.91 Å². The fourth-order valence-electron chi connectivity index (χ4n) is 2.37. The normalized spacial score (nSPS) is 12.8. The molecule has 5 heteroatoms. The van der Waals surface area contributed by atoms with Gasteiger partial charge in [0.15, 0.2) is 6.10 Å². The van der Waals surface area contributed by atoms with Crippen molar-refractivity contribution in [3.05, 3.63) is 71.3 Å². The zero-order valence-corrected chi connectivity index (χ0v) is 12.7. The van der Waals surface area contributed by atoms with E-state index in [-0.39, 0.29) is 0 Å². The molecule has 0 saturated heterocycles. The first kappa shape index (κ1) is 16.7. The number of nitrogens with zero attached hydrogens (tertiary/aromatic N) is 1. The second-order valence-corrected chi connectivity index (χ2v) is 5.31. The fraction of sp³-hybridized carbons (Fsp3) is 0.222. The summed E-state index contributed by atoms with van der Waals surface area (Å²) in [5.74, 6) is -0.760. The van der Waals surface area contributed by atoms with Crippen LogP contribution in [0.25, 0.3) is 0 Å². The molecule has 5 nitrogen and oxygen atoms in total. The molecule has 0 aliphatic heterocycles. The smallest absolute Gasteiger partial charge is 0.250 e. The average Bonchev–Trinajstić information content (AvgIpc) is 2.59. The summed E-state index contributed by atoms with van der Waals surface area (Å²) in [4.78, 5) is 10.9. The molecule has 120 valence electrons. The van der Waals surface area contributed by atoms with E-state index in [0.717, 1.165) is 24.0 Å². The molecule has 0 aromatic heterocycles. The minimum Gasteiger partial charge on any atom is -0.411 e. The lowest BCUT2D eigenvalue weighted by Gasteiger charge is -2.08. The Morgan fingerprint density at radius 1 is 1.09 bits per heavy atom. The Balaban J connectivity index is 1.90. The maximum atomic E-state index is 10.9. The van der Waals surface area contributed by atoms with Gasteiger partial charge < -0.3 is 16.0 Å². The summed E-state index contributed by atoms with van der Waals surface area (Å²) in [6.45, 7) is 0. The lowest BCUT2D eigenvalue weighted by atomic mass is 10.0. The number of carbonyl (C=O) groups is 1. The molecule has 1 atom stereocenters. The minimum atomic E-state index is -1.27. The number of rotatable bonds is 7. The van der Waals surface area contributed by atoms with Gasteiger partial charge in [-0.25, -0.2) is 0 Å². The van der Waals surface area contributed by atoms with Crippen LogP contribution in [0.15, 0.2) is 59.8 Å². The number of aryl methyl sites for hydroxylation is 1. The van der Waals surface area contributed by atoms with E-state index < -0.39 is 12.0 Å². The third-order valence-corrected chi connectivity index (χ3v) is 3.67. The van der Waals surface area contributed by atoms with Crippen molar-refractivity contribution in [3.63, 3.8) is 0 Å². The number of primary amides is 1. The van der Waals surface area contributed by atoms with Crippen LogP contribution in [0.5, 0.6) is 0 Å². The van der Waals surface area contributed by atoms with Gasteiger partial charge in [-0.2, -0.15) is 0 Å². The molecule has 1 amide bonds. The van der Waals surface area contributed by atoms with Crippen LogP contribution in [0.4, 0.5) is 0 Å². The Hall–Kier alpha value is -2.66. The Labute approximate surface area is 135 Å². The number of aliphatic hydroxyl groups excluding tert-OH is 1. The number of carbonyl (C=O) groups excluding carboxylic acids is 1. The van der Waals surface area contributed by atoms with E-state index in [4.69, 9.17) is 10.9 Å². The first-order valence-corrected chi connectivity index (χ1v) is 7.44. The molecule has 0 saturated carbocycles. The summed E-state index contributed by atoms with van der Waals surface area (Å²) in [6, 6.07) is 16.7. The van der Waals surface area contributed by atoms with Crippen LogP contribution in [0.3, 0.4) is 0 Å². The molecule has 1 unspecified atom stereocenters. The molecule has 0 heterocycles. The number of amides is 1. The molecule has 0 aliphatic carbocycles. The van der Waals surface area contributed by atoms with Crippen molar-refractivity contribution in [1.82, 2.24) is 0 Å². The first-order chi connectivity index (χ1) is 11.1. The van der Waals surface area contributed by atoms with Crippen molar-refractivity contribution >= 4 is 11.6 Å². The monoisotopic (exact) mass is 312 g/mol.